The molecule has 0 bridgehead atoms. The molecule has 136 valence electrons. The maximum Gasteiger partial charge on any atom is 0.0277 e. The molecular weight excluding hydrogens is 284 g/mol. The Labute approximate surface area is 144 Å². The topological polar surface area (TPSA) is 21.8 Å². The summed E-state index contributed by atoms with van der Waals surface area (Å²) in [6, 6.07) is 0. The Morgan fingerprint density at radius 1 is 0.826 bits per heavy atom. The number of nitrogens with one attached hydrogen (secondary N) is 1. The third-order valence-corrected chi connectivity index (χ3v) is 6.49. The Balaban J connectivity index is 1.92. The molecule has 1 N–H and O–H groups in total. The number of hydrogen-bond acceptors (Lipinski definition) is 4. The Bertz CT molecular complexity index is 383. The Hall–Kier alpha value is -0.160. The minimum Gasteiger partial charge on any atom is -0.314 e. The average Bonchev–Trinajstić information content (AvgIpc) is 2.49. The SMILES string of the molecule is CN1CCN(C(C)(C)CCC(C)(C)N2CCNCC2)CC1(C)C. The maximum absolute atomic E-state index is 3.47. The fourth-order valence-electron chi connectivity index (χ4n) is 3.96. The summed E-state index contributed by atoms with van der Waals surface area (Å²) in [6.07, 6.45) is 2.54. The first kappa shape index (κ1) is 19.2. The van der Waals surface area contributed by atoms with Crippen molar-refractivity contribution in [3.05, 3.63) is 0 Å². The third kappa shape index (κ3) is 4.68. The van der Waals surface area contributed by atoms with Gasteiger partial charge in [0.1, 0.15) is 0 Å². The number of piperazine rings is 2. The zero-order valence-electron chi connectivity index (χ0n) is 16.7. The summed E-state index contributed by atoms with van der Waals surface area (Å²) in [7, 11) is 2.26. The second-order valence-electron chi connectivity index (χ2n) is 9.52. The van der Waals surface area contributed by atoms with Crippen molar-refractivity contribution in [1.82, 2.24) is 20.0 Å². The first-order valence-electron chi connectivity index (χ1n) is 9.47. The third-order valence-electron chi connectivity index (χ3n) is 6.49. The van der Waals surface area contributed by atoms with E-state index in [2.05, 4.69) is 68.6 Å². The molecule has 0 spiro atoms. The summed E-state index contributed by atoms with van der Waals surface area (Å²) < 4.78 is 0. The van der Waals surface area contributed by atoms with Crippen LogP contribution in [0.4, 0.5) is 0 Å². The molecule has 4 nitrogen and oxygen atoms in total. The molecule has 4 heteroatoms. The second kappa shape index (κ2) is 6.99. The van der Waals surface area contributed by atoms with E-state index in [9.17, 15) is 0 Å². The summed E-state index contributed by atoms with van der Waals surface area (Å²) in [5.41, 5.74) is 0.870. The standard InChI is InChI=1S/C19H40N4/c1-17(2,22-12-10-20-11-13-22)8-9-18(3,4)23-15-14-21(7)19(5,6)16-23/h20H,8-16H2,1-7H3. The molecular formula is C19H40N4. The van der Waals surface area contributed by atoms with Gasteiger partial charge in [-0.3, -0.25) is 14.7 Å². The van der Waals surface area contributed by atoms with E-state index in [-0.39, 0.29) is 11.1 Å². The van der Waals surface area contributed by atoms with Gasteiger partial charge in [-0.2, -0.15) is 0 Å². The summed E-state index contributed by atoms with van der Waals surface area (Å²) in [6.45, 7) is 22.7. The van der Waals surface area contributed by atoms with Crippen molar-refractivity contribution in [2.24, 2.45) is 0 Å². The van der Waals surface area contributed by atoms with E-state index in [1.165, 1.54) is 45.6 Å². The minimum atomic E-state index is 0.281. The van der Waals surface area contributed by atoms with Crippen LogP contribution in [0.2, 0.25) is 0 Å². The van der Waals surface area contributed by atoms with Gasteiger partial charge >= 0.3 is 0 Å². The van der Waals surface area contributed by atoms with Crippen molar-refractivity contribution in [3.63, 3.8) is 0 Å². The van der Waals surface area contributed by atoms with Gasteiger partial charge in [0.05, 0.1) is 0 Å². The van der Waals surface area contributed by atoms with E-state index >= 15 is 0 Å². The normalized spacial score (nSPS) is 25.7. The van der Waals surface area contributed by atoms with E-state index in [1.807, 2.05) is 0 Å². The van der Waals surface area contributed by atoms with Gasteiger partial charge in [0, 0.05) is 62.4 Å². The molecule has 0 atom stereocenters. The van der Waals surface area contributed by atoms with Crippen molar-refractivity contribution in [2.45, 2.75) is 71.0 Å². The van der Waals surface area contributed by atoms with Gasteiger partial charge in [-0.05, 0) is 61.4 Å². The first-order valence-corrected chi connectivity index (χ1v) is 9.47. The smallest absolute Gasteiger partial charge is 0.0277 e. The highest BCUT2D eigenvalue weighted by Gasteiger charge is 2.38. The lowest BCUT2D eigenvalue weighted by Gasteiger charge is -2.52. The van der Waals surface area contributed by atoms with Crippen LogP contribution in [-0.4, -0.2) is 84.2 Å². The van der Waals surface area contributed by atoms with Gasteiger partial charge in [-0.1, -0.05) is 0 Å². The molecule has 0 saturated carbocycles. The molecule has 2 aliphatic rings. The molecule has 0 aromatic heterocycles. The number of hydrogen-bond donors (Lipinski definition) is 1. The molecule has 2 saturated heterocycles. The van der Waals surface area contributed by atoms with Crippen LogP contribution in [0.3, 0.4) is 0 Å². The van der Waals surface area contributed by atoms with Crippen molar-refractivity contribution in [3.8, 4) is 0 Å². The molecule has 2 aliphatic heterocycles. The molecule has 0 radical (unpaired) electrons. The lowest BCUT2D eigenvalue weighted by molar-refractivity contribution is -0.0217. The number of nitrogens with zero attached hydrogens (tertiary/aromatic N) is 3. The summed E-state index contributed by atoms with van der Waals surface area (Å²) in [5, 5.41) is 3.47. The van der Waals surface area contributed by atoms with Gasteiger partial charge in [0.15, 0.2) is 0 Å². The van der Waals surface area contributed by atoms with Crippen LogP contribution in [-0.2, 0) is 0 Å². The van der Waals surface area contributed by atoms with E-state index in [1.54, 1.807) is 0 Å². The molecule has 0 amide bonds. The van der Waals surface area contributed by atoms with Crippen LogP contribution >= 0.6 is 0 Å². The lowest BCUT2D eigenvalue weighted by Crippen LogP contribution is -2.62. The summed E-state index contributed by atoms with van der Waals surface area (Å²) >= 11 is 0. The molecule has 0 aliphatic carbocycles. The monoisotopic (exact) mass is 324 g/mol. The van der Waals surface area contributed by atoms with E-state index in [0.29, 0.717) is 5.54 Å². The summed E-state index contributed by atoms with van der Waals surface area (Å²) in [4.78, 5) is 7.90. The van der Waals surface area contributed by atoms with Crippen molar-refractivity contribution >= 4 is 0 Å². The maximum atomic E-state index is 3.47. The molecule has 2 fully saturated rings. The van der Waals surface area contributed by atoms with Gasteiger partial charge in [0.25, 0.3) is 0 Å². The molecule has 0 aromatic rings. The van der Waals surface area contributed by atoms with Crippen molar-refractivity contribution in [1.29, 1.82) is 0 Å². The van der Waals surface area contributed by atoms with E-state index < -0.39 is 0 Å². The number of likely N-dealkylation sites (N-methyl/N-ethyl adjacent to an activating group) is 1. The van der Waals surface area contributed by atoms with Crippen molar-refractivity contribution < 1.29 is 0 Å². The molecule has 2 heterocycles. The van der Waals surface area contributed by atoms with E-state index in [4.69, 9.17) is 0 Å². The summed E-state index contributed by atoms with van der Waals surface area (Å²) in [5.74, 6) is 0. The quantitative estimate of drug-likeness (QED) is 0.837. The lowest BCUT2D eigenvalue weighted by atomic mass is 9.85. The fraction of sp³-hybridized carbons (Fsp3) is 1.00. The molecule has 2 rings (SSSR count). The van der Waals surface area contributed by atoms with Gasteiger partial charge in [-0.25, -0.2) is 0 Å². The largest absolute Gasteiger partial charge is 0.314 e. The van der Waals surface area contributed by atoms with Gasteiger partial charge in [-0.15, -0.1) is 0 Å². The van der Waals surface area contributed by atoms with Crippen LogP contribution in [0.1, 0.15) is 54.4 Å². The van der Waals surface area contributed by atoms with Crippen LogP contribution < -0.4 is 5.32 Å². The minimum absolute atomic E-state index is 0.281. The predicted octanol–water partition coefficient (Wildman–Crippen LogP) is 2.26. The first-order chi connectivity index (χ1) is 10.5. The molecule has 0 unspecified atom stereocenters. The highest BCUT2D eigenvalue weighted by Crippen LogP contribution is 2.31. The van der Waals surface area contributed by atoms with Crippen LogP contribution in [0.5, 0.6) is 0 Å². The Kier molecular flexibility index (Phi) is 5.82. The predicted molar refractivity (Wildman–Crippen MR) is 100 cm³/mol. The highest BCUT2D eigenvalue weighted by atomic mass is 15.3. The molecule has 23 heavy (non-hydrogen) atoms. The van der Waals surface area contributed by atoms with Crippen molar-refractivity contribution in [2.75, 3.05) is 52.9 Å². The number of rotatable bonds is 5. The Morgan fingerprint density at radius 2 is 1.35 bits per heavy atom. The Morgan fingerprint density at radius 3 is 1.87 bits per heavy atom. The van der Waals surface area contributed by atoms with Crippen LogP contribution in [0.15, 0.2) is 0 Å². The van der Waals surface area contributed by atoms with Crippen LogP contribution in [0, 0.1) is 0 Å². The van der Waals surface area contributed by atoms with Crippen LogP contribution in [0.25, 0.3) is 0 Å². The molecule has 0 aromatic carbocycles. The zero-order chi connectivity index (χ0) is 17.3. The fourth-order valence-corrected chi connectivity index (χ4v) is 3.96. The van der Waals surface area contributed by atoms with E-state index in [0.717, 1.165) is 13.1 Å². The highest BCUT2D eigenvalue weighted by molar-refractivity contribution is 4.96. The average molecular weight is 325 g/mol. The second-order valence-corrected chi connectivity index (χ2v) is 9.52. The zero-order valence-corrected chi connectivity index (χ0v) is 16.7. The van der Waals surface area contributed by atoms with Gasteiger partial charge in [0.2, 0.25) is 0 Å². The van der Waals surface area contributed by atoms with Gasteiger partial charge < -0.3 is 5.32 Å².